The third kappa shape index (κ3) is 2.58. The standard InChI is InChI=1S/C13H20N4/c1-10-3-4-12(11(9-10)13(14)15)17-7-5-16(2)6-8-17/h3-4,9H,5-8H2,1-2H3,(H3,14,15). The van der Waals surface area contributed by atoms with Gasteiger partial charge in [-0.2, -0.15) is 0 Å². The number of nitrogens with one attached hydrogen (secondary N) is 1. The number of amidine groups is 1. The maximum absolute atomic E-state index is 7.67. The molecular weight excluding hydrogens is 212 g/mol. The summed E-state index contributed by atoms with van der Waals surface area (Å²) in [5, 5.41) is 7.67. The first-order chi connectivity index (χ1) is 8.08. The number of aryl methyl sites for hydroxylation is 1. The van der Waals surface area contributed by atoms with E-state index >= 15 is 0 Å². The molecule has 0 aromatic heterocycles. The molecule has 0 radical (unpaired) electrons. The fourth-order valence-electron chi connectivity index (χ4n) is 2.19. The molecule has 0 atom stereocenters. The molecule has 1 aliphatic rings. The fraction of sp³-hybridized carbons (Fsp3) is 0.462. The Morgan fingerprint density at radius 2 is 1.88 bits per heavy atom. The number of hydrogen-bond acceptors (Lipinski definition) is 3. The van der Waals surface area contributed by atoms with Crippen molar-refractivity contribution in [3.63, 3.8) is 0 Å². The zero-order chi connectivity index (χ0) is 12.4. The van der Waals surface area contributed by atoms with Crippen molar-refractivity contribution in [1.82, 2.24) is 4.90 Å². The summed E-state index contributed by atoms with van der Waals surface area (Å²) in [5.41, 5.74) is 8.76. The summed E-state index contributed by atoms with van der Waals surface area (Å²) < 4.78 is 0. The quantitative estimate of drug-likeness (QED) is 0.591. The van der Waals surface area contributed by atoms with Gasteiger partial charge < -0.3 is 15.5 Å². The highest BCUT2D eigenvalue weighted by atomic mass is 15.2. The SMILES string of the molecule is Cc1ccc(N2CCN(C)CC2)c(C(=N)N)c1. The largest absolute Gasteiger partial charge is 0.384 e. The van der Waals surface area contributed by atoms with Crippen LogP contribution in [0.3, 0.4) is 0 Å². The summed E-state index contributed by atoms with van der Waals surface area (Å²) in [6.45, 7) is 6.15. The summed E-state index contributed by atoms with van der Waals surface area (Å²) in [5.74, 6) is 0.155. The summed E-state index contributed by atoms with van der Waals surface area (Å²) in [7, 11) is 2.14. The number of nitrogen functional groups attached to an aromatic ring is 1. The molecule has 1 saturated heterocycles. The number of nitrogens with two attached hydrogens (primary N) is 1. The highest BCUT2D eigenvalue weighted by Gasteiger charge is 2.17. The second-order valence-corrected chi connectivity index (χ2v) is 4.72. The van der Waals surface area contributed by atoms with Gasteiger partial charge in [-0.1, -0.05) is 11.6 Å². The van der Waals surface area contributed by atoms with Crippen molar-refractivity contribution in [2.75, 3.05) is 38.1 Å². The van der Waals surface area contributed by atoms with Crippen LogP contribution >= 0.6 is 0 Å². The lowest BCUT2D eigenvalue weighted by Gasteiger charge is -2.35. The number of anilines is 1. The van der Waals surface area contributed by atoms with E-state index in [0.717, 1.165) is 43.0 Å². The number of nitrogens with zero attached hydrogens (tertiary/aromatic N) is 2. The molecule has 1 fully saturated rings. The Morgan fingerprint density at radius 1 is 1.24 bits per heavy atom. The van der Waals surface area contributed by atoms with E-state index in [4.69, 9.17) is 11.1 Å². The second-order valence-electron chi connectivity index (χ2n) is 4.72. The number of rotatable bonds is 2. The van der Waals surface area contributed by atoms with E-state index < -0.39 is 0 Å². The Morgan fingerprint density at radius 3 is 2.47 bits per heavy atom. The topological polar surface area (TPSA) is 56.4 Å². The molecule has 17 heavy (non-hydrogen) atoms. The van der Waals surface area contributed by atoms with E-state index in [9.17, 15) is 0 Å². The van der Waals surface area contributed by atoms with Gasteiger partial charge in [0.15, 0.2) is 0 Å². The average molecular weight is 232 g/mol. The molecule has 1 heterocycles. The van der Waals surface area contributed by atoms with Gasteiger partial charge in [0, 0.05) is 37.4 Å². The Kier molecular flexibility index (Phi) is 3.33. The number of likely N-dealkylation sites (N-methyl/N-ethyl adjacent to an activating group) is 1. The van der Waals surface area contributed by atoms with Gasteiger partial charge in [-0.25, -0.2) is 0 Å². The van der Waals surface area contributed by atoms with Crippen LogP contribution in [0.25, 0.3) is 0 Å². The first kappa shape index (κ1) is 11.9. The lowest BCUT2D eigenvalue weighted by Crippen LogP contribution is -2.45. The number of benzene rings is 1. The Bertz CT molecular complexity index is 419. The maximum atomic E-state index is 7.67. The van der Waals surface area contributed by atoms with Crippen LogP contribution in [-0.4, -0.2) is 44.0 Å². The van der Waals surface area contributed by atoms with Gasteiger partial charge >= 0.3 is 0 Å². The predicted octanol–water partition coefficient (Wildman–Crippen LogP) is 1.03. The zero-order valence-corrected chi connectivity index (χ0v) is 10.5. The van der Waals surface area contributed by atoms with E-state index in [1.54, 1.807) is 0 Å². The third-order valence-corrected chi connectivity index (χ3v) is 3.29. The number of hydrogen-bond donors (Lipinski definition) is 2. The highest BCUT2D eigenvalue weighted by Crippen LogP contribution is 2.22. The summed E-state index contributed by atoms with van der Waals surface area (Å²) in [6.07, 6.45) is 0. The predicted molar refractivity (Wildman–Crippen MR) is 71.9 cm³/mol. The van der Waals surface area contributed by atoms with Crippen LogP contribution in [-0.2, 0) is 0 Å². The molecule has 1 aliphatic heterocycles. The Labute approximate surface area is 103 Å². The molecule has 0 amide bonds. The maximum Gasteiger partial charge on any atom is 0.124 e. The van der Waals surface area contributed by atoms with Gasteiger partial charge in [-0.3, -0.25) is 5.41 Å². The Hall–Kier alpha value is -1.55. The second kappa shape index (κ2) is 4.75. The van der Waals surface area contributed by atoms with Crippen LogP contribution in [0.2, 0.25) is 0 Å². The van der Waals surface area contributed by atoms with E-state index in [1.165, 1.54) is 0 Å². The summed E-state index contributed by atoms with van der Waals surface area (Å²) in [6, 6.07) is 6.16. The summed E-state index contributed by atoms with van der Waals surface area (Å²) in [4.78, 5) is 4.63. The molecular formula is C13H20N4. The van der Waals surface area contributed by atoms with E-state index in [0.29, 0.717) is 0 Å². The fourth-order valence-corrected chi connectivity index (χ4v) is 2.19. The molecule has 0 bridgehead atoms. The van der Waals surface area contributed by atoms with Gasteiger partial charge in [-0.15, -0.1) is 0 Å². The van der Waals surface area contributed by atoms with Crippen LogP contribution in [0.1, 0.15) is 11.1 Å². The molecule has 4 heteroatoms. The van der Waals surface area contributed by atoms with Crippen molar-refractivity contribution in [3.8, 4) is 0 Å². The van der Waals surface area contributed by atoms with E-state index in [2.05, 4.69) is 29.0 Å². The lowest BCUT2D eigenvalue weighted by molar-refractivity contribution is 0.313. The van der Waals surface area contributed by atoms with Gasteiger partial charge in [0.25, 0.3) is 0 Å². The molecule has 0 unspecified atom stereocenters. The van der Waals surface area contributed by atoms with Crippen LogP contribution in [0, 0.1) is 12.3 Å². The average Bonchev–Trinajstić information content (AvgIpc) is 2.30. The van der Waals surface area contributed by atoms with Gasteiger partial charge in [0.05, 0.1) is 0 Å². The smallest absolute Gasteiger partial charge is 0.124 e. The molecule has 2 rings (SSSR count). The van der Waals surface area contributed by atoms with Crippen LogP contribution < -0.4 is 10.6 Å². The van der Waals surface area contributed by atoms with Crippen LogP contribution in [0.15, 0.2) is 18.2 Å². The molecule has 0 spiro atoms. The normalized spacial score (nSPS) is 17.2. The van der Waals surface area contributed by atoms with Crippen LogP contribution in [0.5, 0.6) is 0 Å². The highest BCUT2D eigenvalue weighted by molar-refractivity contribution is 6.00. The Balaban J connectivity index is 2.28. The zero-order valence-electron chi connectivity index (χ0n) is 10.5. The van der Waals surface area contributed by atoms with Crippen molar-refractivity contribution in [2.24, 2.45) is 5.73 Å². The van der Waals surface area contributed by atoms with Crippen LogP contribution in [0.4, 0.5) is 5.69 Å². The van der Waals surface area contributed by atoms with E-state index in [1.807, 2.05) is 13.0 Å². The van der Waals surface area contributed by atoms with Gasteiger partial charge in [-0.05, 0) is 26.1 Å². The molecule has 1 aromatic carbocycles. The number of piperazine rings is 1. The molecule has 0 aliphatic carbocycles. The molecule has 4 nitrogen and oxygen atoms in total. The third-order valence-electron chi connectivity index (χ3n) is 3.29. The first-order valence-corrected chi connectivity index (χ1v) is 5.96. The van der Waals surface area contributed by atoms with Gasteiger partial charge in [0.2, 0.25) is 0 Å². The minimum Gasteiger partial charge on any atom is -0.384 e. The summed E-state index contributed by atoms with van der Waals surface area (Å²) >= 11 is 0. The monoisotopic (exact) mass is 232 g/mol. The minimum atomic E-state index is 0.155. The van der Waals surface area contributed by atoms with Crippen molar-refractivity contribution in [3.05, 3.63) is 29.3 Å². The molecule has 1 aromatic rings. The first-order valence-electron chi connectivity index (χ1n) is 5.96. The minimum absolute atomic E-state index is 0.155. The van der Waals surface area contributed by atoms with E-state index in [-0.39, 0.29) is 5.84 Å². The molecule has 3 N–H and O–H groups in total. The van der Waals surface area contributed by atoms with Gasteiger partial charge in [0.1, 0.15) is 5.84 Å². The van der Waals surface area contributed by atoms with Crippen molar-refractivity contribution < 1.29 is 0 Å². The lowest BCUT2D eigenvalue weighted by atomic mass is 10.1. The van der Waals surface area contributed by atoms with Crippen molar-refractivity contribution in [2.45, 2.75) is 6.92 Å². The molecule has 0 saturated carbocycles. The van der Waals surface area contributed by atoms with Crippen molar-refractivity contribution in [1.29, 1.82) is 5.41 Å². The van der Waals surface area contributed by atoms with Crippen molar-refractivity contribution >= 4 is 11.5 Å². The molecule has 92 valence electrons.